The quantitative estimate of drug-likeness (QED) is 0.842. The van der Waals surface area contributed by atoms with E-state index in [1.54, 1.807) is 24.3 Å². The number of hydrogen-bond donors (Lipinski definition) is 2. The van der Waals surface area contributed by atoms with Crippen LogP contribution >= 0.6 is 11.6 Å². The Morgan fingerprint density at radius 1 is 1.26 bits per heavy atom. The molecule has 1 aromatic carbocycles. The predicted molar refractivity (Wildman–Crippen MR) is 75.7 cm³/mol. The molecule has 0 unspecified atom stereocenters. The Labute approximate surface area is 116 Å². The molecular formula is C14H15ClN2O2. The molecule has 1 aromatic heterocycles. The van der Waals surface area contributed by atoms with Gasteiger partial charge in [0.15, 0.2) is 0 Å². The van der Waals surface area contributed by atoms with E-state index in [2.05, 4.69) is 9.97 Å². The molecule has 0 atom stereocenters. The van der Waals surface area contributed by atoms with E-state index in [-0.39, 0.29) is 16.9 Å². The van der Waals surface area contributed by atoms with Gasteiger partial charge in [-0.1, -0.05) is 50.6 Å². The van der Waals surface area contributed by atoms with E-state index >= 15 is 0 Å². The Morgan fingerprint density at radius 3 is 2.42 bits per heavy atom. The molecule has 1 heterocycles. The maximum absolute atomic E-state index is 12.1. The van der Waals surface area contributed by atoms with Crippen molar-refractivity contribution in [2.24, 2.45) is 0 Å². The van der Waals surface area contributed by atoms with Crippen LogP contribution in [0.15, 0.2) is 29.1 Å². The minimum atomic E-state index is -0.398. The van der Waals surface area contributed by atoms with Crippen molar-refractivity contribution in [3.05, 3.63) is 45.5 Å². The maximum atomic E-state index is 12.1. The number of rotatable bonds is 1. The van der Waals surface area contributed by atoms with E-state index in [9.17, 15) is 9.90 Å². The van der Waals surface area contributed by atoms with Crippen molar-refractivity contribution < 1.29 is 5.11 Å². The first-order valence-electron chi connectivity index (χ1n) is 5.89. The fourth-order valence-corrected chi connectivity index (χ4v) is 1.95. The summed E-state index contributed by atoms with van der Waals surface area (Å²) in [6, 6.07) is 6.84. The molecule has 0 aliphatic rings. The molecule has 0 aliphatic heterocycles. The van der Waals surface area contributed by atoms with Gasteiger partial charge in [0.05, 0.1) is 0 Å². The van der Waals surface area contributed by atoms with Crippen LogP contribution in [0.2, 0.25) is 5.02 Å². The highest BCUT2D eigenvalue weighted by molar-refractivity contribution is 6.33. The fourth-order valence-electron chi connectivity index (χ4n) is 1.72. The van der Waals surface area contributed by atoms with Gasteiger partial charge in [0.25, 0.3) is 5.56 Å². The van der Waals surface area contributed by atoms with Gasteiger partial charge in [-0.3, -0.25) is 4.79 Å². The second kappa shape index (κ2) is 4.70. The van der Waals surface area contributed by atoms with Crippen LogP contribution in [-0.4, -0.2) is 15.1 Å². The van der Waals surface area contributed by atoms with Gasteiger partial charge >= 0.3 is 0 Å². The zero-order valence-corrected chi connectivity index (χ0v) is 11.7. The zero-order valence-electron chi connectivity index (χ0n) is 11.0. The van der Waals surface area contributed by atoms with Crippen LogP contribution in [0.4, 0.5) is 0 Å². The van der Waals surface area contributed by atoms with Crippen molar-refractivity contribution in [3.8, 4) is 17.0 Å². The van der Waals surface area contributed by atoms with Crippen LogP contribution in [-0.2, 0) is 5.41 Å². The minimum Gasteiger partial charge on any atom is -0.493 e. The van der Waals surface area contributed by atoms with Gasteiger partial charge in [-0.2, -0.15) is 4.98 Å². The second-order valence-corrected chi connectivity index (χ2v) is 5.75. The van der Waals surface area contributed by atoms with Crippen LogP contribution in [0.1, 0.15) is 26.6 Å². The second-order valence-electron chi connectivity index (χ2n) is 5.34. The summed E-state index contributed by atoms with van der Waals surface area (Å²) in [5.41, 5.74) is -0.185. The van der Waals surface area contributed by atoms with Crippen molar-refractivity contribution >= 4 is 11.6 Å². The molecular weight excluding hydrogens is 264 g/mol. The molecule has 0 aliphatic carbocycles. The van der Waals surface area contributed by atoms with Gasteiger partial charge in [0, 0.05) is 16.0 Å². The van der Waals surface area contributed by atoms with Crippen molar-refractivity contribution in [1.29, 1.82) is 0 Å². The molecule has 19 heavy (non-hydrogen) atoms. The Hall–Kier alpha value is -1.81. The molecule has 0 fully saturated rings. The highest BCUT2D eigenvalue weighted by atomic mass is 35.5. The van der Waals surface area contributed by atoms with E-state index in [0.717, 1.165) is 0 Å². The van der Waals surface area contributed by atoms with Crippen molar-refractivity contribution in [2.75, 3.05) is 0 Å². The molecule has 0 saturated carbocycles. The molecule has 4 nitrogen and oxygen atoms in total. The van der Waals surface area contributed by atoms with Crippen LogP contribution in [0, 0.1) is 0 Å². The molecule has 0 saturated heterocycles. The third-order valence-corrected chi connectivity index (χ3v) is 3.08. The number of nitrogens with one attached hydrogen (secondary N) is 1. The number of nitrogens with zero attached hydrogens (tertiary/aromatic N) is 1. The van der Waals surface area contributed by atoms with Crippen LogP contribution in [0.3, 0.4) is 0 Å². The van der Waals surface area contributed by atoms with Crippen LogP contribution in [0.25, 0.3) is 11.1 Å². The summed E-state index contributed by atoms with van der Waals surface area (Å²) >= 11 is 6.04. The van der Waals surface area contributed by atoms with Gasteiger partial charge in [-0.15, -0.1) is 0 Å². The first-order valence-corrected chi connectivity index (χ1v) is 6.27. The highest BCUT2D eigenvalue weighted by Gasteiger charge is 2.21. The van der Waals surface area contributed by atoms with Crippen LogP contribution < -0.4 is 5.56 Å². The molecule has 0 bridgehead atoms. The minimum absolute atomic E-state index is 0.0959. The molecule has 0 radical (unpaired) electrons. The topological polar surface area (TPSA) is 66.0 Å². The lowest BCUT2D eigenvalue weighted by Gasteiger charge is -2.17. The summed E-state index contributed by atoms with van der Waals surface area (Å²) in [6.07, 6.45) is 0. The van der Waals surface area contributed by atoms with Crippen LogP contribution in [0.5, 0.6) is 5.88 Å². The first kappa shape index (κ1) is 13.6. The molecule has 0 amide bonds. The standard InChI is InChI=1S/C14H15ClN2O2/c1-14(2,3)13-16-11(18)10(12(19)17-13)8-6-4-5-7-9(8)15/h4-7H,1-3H3,(H2,16,17,18,19). The number of H-pyrrole nitrogens is 1. The average Bonchev–Trinajstić information content (AvgIpc) is 2.29. The summed E-state index contributed by atoms with van der Waals surface area (Å²) in [7, 11) is 0. The van der Waals surface area contributed by atoms with E-state index in [4.69, 9.17) is 11.6 Å². The van der Waals surface area contributed by atoms with Crippen molar-refractivity contribution in [1.82, 2.24) is 9.97 Å². The first-order chi connectivity index (χ1) is 8.80. The zero-order chi connectivity index (χ0) is 14.2. The number of aromatic amines is 1. The average molecular weight is 279 g/mol. The third kappa shape index (κ3) is 2.63. The van der Waals surface area contributed by atoms with Crippen molar-refractivity contribution in [2.45, 2.75) is 26.2 Å². The molecule has 2 aromatic rings. The number of benzene rings is 1. The lowest BCUT2D eigenvalue weighted by molar-refractivity contribution is 0.437. The smallest absolute Gasteiger partial charge is 0.262 e. The number of aromatic nitrogens is 2. The van der Waals surface area contributed by atoms with Gasteiger partial charge in [-0.05, 0) is 6.07 Å². The Balaban J connectivity index is 2.68. The molecule has 2 N–H and O–H groups in total. The predicted octanol–water partition coefficient (Wildman–Crippen LogP) is 3.09. The summed E-state index contributed by atoms with van der Waals surface area (Å²) < 4.78 is 0. The Kier molecular flexibility index (Phi) is 3.37. The monoisotopic (exact) mass is 278 g/mol. The lowest BCUT2D eigenvalue weighted by Crippen LogP contribution is -2.23. The SMILES string of the molecule is CC(C)(C)c1nc(O)c(-c2ccccc2Cl)c(=O)[nH]1. The summed E-state index contributed by atoms with van der Waals surface area (Å²) in [4.78, 5) is 18.9. The summed E-state index contributed by atoms with van der Waals surface area (Å²) in [5.74, 6) is 0.132. The van der Waals surface area contributed by atoms with E-state index in [0.29, 0.717) is 16.4 Å². The van der Waals surface area contributed by atoms with Gasteiger partial charge in [0.2, 0.25) is 5.88 Å². The Morgan fingerprint density at radius 2 is 1.89 bits per heavy atom. The Bertz CT molecular complexity index is 672. The third-order valence-electron chi connectivity index (χ3n) is 2.75. The number of halogens is 1. The highest BCUT2D eigenvalue weighted by Crippen LogP contribution is 2.31. The van der Waals surface area contributed by atoms with Gasteiger partial charge < -0.3 is 10.1 Å². The van der Waals surface area contributed by atoms with Gasteiger partial charge in [0.1, 0.15) is 11.4 Å². The van der Waals surface area contributed by atoms with E-state index < -0.39 is 5.56 Å². The normalized spacial score (nSPS) is 11.6. The summed E-state index contributed by atoms with van der Waals surface area (Å²) in [6.45, 7) is 5.71. The van der Waals surface area contributed by atoms with Crippen molar-refractivity contribution in [3.63, 3.8) is 0 Å². The molecule has 100 valence electrons. The fraction of sp³-hybridized carbons (Fsp3) is 0.286. The van der Waals surface area contributed by atoms with E-state index in [1.165, 1.54) is 0 Å². The lowest BCUT2D eigenvalue weighted by atomic mass is 9.95. The molecule has 5 heteroatoms. The van der Waals surface area contributed by atoms with E-state index in [1.807, 2.05) is 20.8 Å². The summed E-state index contributed by atoms with van der Waals surface area (Å²) in [5, 5.41) is 10.4. The maximum Gasteiger partial charge on any atom is 0.262 e. The number of aromatic hydroxyl groups is 1. The molecule has 2 rings (SSSR count). The largest absolute Gasteiger partial charge is 0.493 e. The van der Waals surface area contributed by atoms with Gasteiger partial charge in [-0.25, -0.2) is 0 Å². The molecule has 0 spiro atoms. The number of hydrogen-bond acceptors (Lipinski definition) is 3.